The smallest absolute Gasteiger partial charge is 0.264 e. The molecule has 0 saturated carbocycles. The van der Waals surface area contributed by atoms with Gasteiger partial charge in [-0.25, -0.2) is 0 Å². The number of carbonyl (C=O) groups excluding carboxylic acids is 2. The summed E-state index contributed by atoms with van der Waals surface area (Å²) in [5.41, 5.74) is 3.38. The number of ether oxygens (including phenoxy) is 2. The average Bonchev–Trinajstić information content (AvgIpc) is 3.53. The molecule has 0 unspecified atom stereocenters. The standard InChI is InChI=1S/C40H42ClIN2O5Si/c1-25-38(50(3,4)33-15-13-32(48-2)14-16-33)36(21-37(46)43-23-28-10-6-5-9-27(28)19-31(43)24-45)49-40(25)34-20-29(41)12-17-35(34)44(39(40)47)22-26-8-7-11-30(42)18-26/h5-18,20,25,31,36,38,45H,19,21-24H2,1-4H3/t25-,31+,36+,38-,40+/m1/s1. The van der Waals surface area contributed by atoms with E-state index in [-0.39, 0.29) is 42.3 Å². The predicted molar refractivity (Wildman–Crippen MR) is 208 cm³/mol. The number of nitrogens with zero attached hydrogens (tertiary/aromatic N) is 2. The molecule has 7 rings (SSSR count). The number of carbonyl (C=O) groups is 2. The maximum Gasteiger partial charge on any atom is 0.264 e. The number of amides is 2. The number of methoxy groups -OCH3 is 1. The number of hydrogen-bond acceptors (Lipinski definition) is 5. The van der Waals surface area contributed by atoms with Crippen molar-refractivity contribution in [2.45, 2.75) is 69.2 Å². The zero-order chi connectivity index (χ0) is 35.4. The number of halogens is 2. The lowest BCUT2D eigenvalue weighted by Crippen LogP contribution is -2.52. The fourth-order valence-electron chi connectivity index (χ4n) is 8.79. The van der Waals surface area contributed by atoms with Crippen LogP contribution in [-0.2, 0) is 39.4 Å². The molecule has 5 atom stereocenters. The number of rotatable bonds is 8. The van der Waals surface area contributed by atoms with E-state index in [1.165, 1.54) is 5.19 Å². The van der Waals surface area contributed by atoms with Crippen LogP contribution in [0, 0.1) is 9.49 Å². The SMILES string of the molecule is COc1ccc([Si](C)(C)[C@H]2[C@H](CC(=O)N3Cc4ccccc4C[C@H]3CO)O[C@@]3(C(=O)N(Cc4cccc(I)c4)c4ccc(Cl)cc43)[C@@H]2C)cc1. The summed E-state index contributed by atoms with van der Waals surface area (Å²) in [5.74, 6) is 0.301. The molecule has 3 heterocycles. The molecular weight excluding hydrogens is 779 g/mol. The second-order valence-corrected chi connectivity index (χ2v) is 20.7. The van der Waals surface area contributed by atoms with Gasteiger partial charge in [-0.1, -0.05) is 85.3 Å². The zero-order valence-corrected chi connectivity index (χ0v) is 32.6. The van der Waals surface area contributed by atoms with Gasteiger partial charge in [0.15, 0.2) is 5.60 Å². The minimum atomic E-state index is -2.47. The minimum absolute atomic E-state index is 0.0789. The molecule has 1 N–H and O–H groups in total. The van der Waals surface area contributed by atoms with Gasteiger partial charge in [0, 0.05) is 26.6 Å². The summed E-state index contributed by atoms with van der Waals surface area (Å²) < 4.78 is 13.8. The van der Waals surface area contributed by atoms with Crippen LogP contribution in [0.4, 0.5) is 5.69 Å². The molecule has 0 aromatic heterocycles. The second-order valence-electron chi connectivity index (χ2n) is 14.4. The van der Waals surface area contributed by atoms with Crippen LogP contribution in [0.2, 0.25) is 23.7 Å². The van der Waals surface area contributed by atoms with Crippen LogP contribution in [0.1, 0.15) is 35.6 Å². The highest BCUT2D eigenvalue weighted by Gasteiger charge is 2.66. The summed E-state index contributed by atoms with van der Waals surface area (Å²) in [5, 5.41) is 12.2. The molecule has 1 saturated heterocycles. The number of hydrogen-bond donors (Lipinski definition) is 1. The summed E-state index contributed by atoms with van der Waals surface area (Å²) in [7, 11) is -0.817. The largest absolute Gasteiger partial charge is 0.497 e. The van der Waals surface area contributed by atoms with Crippen molar-refractivity contribution in [1.82, 2.24) is 4.90 Å². The Kier molecular flexibility index (Phi) is 9.66. The quantitative estimate of drug-likeness (QED) is 0.152. The van der Waals surface area contributed by atoms with E-state index in [0.29, 0.717) is 24.5 Å². The molecule has 4 aromatic carbocycles. The van der Waals surface area contributed by atoms with Gasteiger partial charge in [-0.2, -0.15) is 0 Å². The molecule has 2 amide bonds. The molecule has 10 heteroatoms. The van der Waals surface area contributed by atoms with E-state index in [4.69, 9.17) is 21.1 Å². The summed E-state index contributed by atoms with van der Waals surface area (Å²) in [4.78, 5) is 33.2. The predicted octanol–water partition coefficient (Wildman–Crippen LogP) is 7.05. The summed E-state index contributed by atoms with van der Waals surface area (Å²) in [6.07, 6.45) is 0.144. The third-order valence-corrected chi connectivity index (χ3v) is 16.6. The Balaban J connectivity index is 1.31. The van der Waals surface area contributed by atoms with E-state index in [0.717, 1.165) is 37.3 Å². The highest BCUT2D eigenvalue weighted by atomic mass is 127. The lowest BCUT2D eigenvalue weighted by Gasteiger charge is -2.39. The van der Waals surface area contributed by atoms with E-state index in [9.17, 15) is 9.90 Å². The maximum atomic E-state index is 15.1. The molecule has 1 spiro atoms. The zero-order valence-electron chi connectivity index (χ0n) is 28.7. The monoisotopic (exact) mass is 820 g/mol. The molecule has 50 heavy (non-hydrogen) atoms. The van der Waals surface area contributed by atoms with Gasteiger partial charge >= 0.3 is 0 Å². The Labute approximate surface area is 313 Å². The van der Waals surface area contributed by atoms with Gasteiger partial charge < -0.3 is 24.4 Å². The van der Waals surface area contributed by atoms with Crippen LogP contribution in [0.25, 0.3) is 0 Å². The summed E-state index contributed by atoms with van der Waals surface area (Å²) in [6.45, 7) is 7.44. The van der Waals surface area contributed by atoms with Crippen LogP contribution >= 0.6 is 34.2 Å². The number of aliphatic hydroxyl groups is 1. The van der Waals surface area contributed by atoms with Gasteiger partial charge in [0.1, 0.15) is 5.75 Å². The Morgan fingerprint density at radius 3 is 2.48 bits per heavy atom. The van der Waals surface area contributed by atoms with E-state index in [2.05, 4.69) is 72.9 Å². The van der Waals surface area contributed by atoms with Crippen molar-refractivity contribution in [2.75, 3.05) is 18.6 Å². The van der Waals surface area contributed by atoms with Gasteiger partial charge in [-0.05, 0) is 93.7 Å². The van der Waals surface area contributed by atoms with Crippen molar-refractivity contribution in [3.63, 3.8) is 0 Å². The maximum absolute atomic E-state index is 15.1. The molecular formula is C40H42ClIN2O5Si. The molecule has 3 aliphatic heterocycles. The van der Waals surface area contributed by atoms with Crippen molar-refractivity contribution in [1.29, 1.82) is 0 Å². The lowest BCUT2D eigenvalue weighted by atomic mass is 9.82. The Bertz CT molecular complexity index is 1940. The van der Waals surface area contributed by atoms with Crippen molar-refractivity contribution >= 4 is 65.0 Å². The molecule has 0 radical (unpaired) electrons. The molecule has 7 nitrogen and oxygen atoms in total. The Morgan fingerprint density at radius 2 is 1.78 bits per heavy atom. The van der Waals surface area contributed by atoms with Crippen LogP contribution in [0.5, 0.6) is 5.75 Å². The van der Waals surface area contributed by atoms with E-state index < -0.39 is 19.8 Å². The van der Waals surface area contributed by atoms with Gasteiger partial charge in [0.2, 0.25) is 5.91 Å². The van der Waals surface area contributed by atoms with Gasteiger partial charge in [-0.15, -0.1) is 0 Å². The molecule has 4 aromatic rings. The van der Waals surface area contributed by atoms with Crippen molar-refractivity contribution < 1.29 is 24.2 Å². The van der Waals surface area contributed by atoms with Crippen molar-refractivity contribution in [3.8, 4) is 5.75 Å². The number of benzene rings is 4. The molecule has 3 aliphatic rings. The van der Waals surface area contributed by atoms with Gasteiger partial charge in [0.25, 0.3) is 5.91 Å². The van der Waals surface area contributed by atoms with Crippen LogP contribution in [-0.4, -0.2) is 55.8 Å². The fraction of sp³-hybridized carbons (Fsp3) is 0.350. The topological polar surface area (TPSA) is 79.3 Å². The Hall–Kier alpha value is -3.22. The molecule has 1 fully saturated rings. The molecule has 0 bridgehead atoms. The highest BCUT2D eigenvalue weighted by Crippen LogP contribution is 2.60. The molecule has 260 valence electrons. The highest BCUT2D eigenvalue weighted by molar-refractivity contribution is 14.1. The van der Waals surface area contributed by atoms with Gasteiger partial charge in [0.05, 0.1) is 52.6 Å². The first kappa shape index (κ1) is 35.2. The minimum Gasteiger partial charge on any atom is -0.497 e. The third-order valence-electron chi connectivity index (χ3n) is 11.3. The first-order valence-electron chi connectivity index (χ1n) is 17.1. The lowest BCUT2D eigenvalue weighted by molar-refractivity contribution is -0.151. The van der Waals surface area contributed by atoms with Crippen LogP contribution in [0.3, 0.4) is 0 Å². The summed E-state index contributed by atoms with van der Waals surface area (Å²) >= 11 is 8.97. The van der Waals surface area contributed by atoms with Crippen molar-refractivity contribution in [3.05, 3.63) is 122 Å². The fourth-order valence-corrected chi connectivity index (χ4v) is 13.6. The van der Waals surface area contributed by atoms with Crippen LogP contribution in [0.15, 0.2) is 91.0 Å². The first-order chi connectivity index (χ1) is 24.0. The van der Waals surface area contributed by atoms with E-state index in [1.807, 2.05) is 70.5 Å². The number of fused-ring (bicyclic) bond motifs is 3. The third kappa shape index (κ3) is 5.98. The average molecular weight is 821 g/mol. The van der Waals surface area contributed by atoms with Crippen molar-refractivity contribution in [2.24, 2.45) is 5.92 Å². The Morgan fingerprint density at radius 1 is 1.04 bits per heavy atom. The van der Waals surface area contributed by atoms with E-state index >= 15 is 4.79 Å². The normalized spacial score (nSPS) is 24.4. The number of anilines is 1. The first-order valence-corrected chi connectivity index (χ1v) is 21.7. The van der Waals surface area contributed by atoms with E-state index in [1.54, 1.807) is 7.11 Å². The second kappa shape index (κ2) is 13.7. The summed E-state index contributed by atoms with van der Waals surface area (Å²) in [6, 6.07) is 29.8. The van der Waals surface area contributed by atoms with Crippen LogP contribution < -0.4 is 14.8 Å². The molecule has 0 aliphatic carbocycles. The number of aliphatic hydroxyl groups excluding tert-OH is 1. The van der Waals surface area contributed by atoms with Gasteiger partial charge in [-0.3, -0.25) is 9.59 Å².